The Morgan fingerprint density at radius 3 is 2.94 bits per heavy atom. The van der Waals surface area contributed by atoms with Crippen LogP contribution in [0.15, 0.2) is 28.9 Å². The molecule has 17 heavy (non-hydrogen) atoms. The molecule has 0 aliphatic heterocycles. The number of Topliss-reactive ketones (excluding diaryl/α,β-unsaturated/α-hetero) is 1. The third-order valence-electron chi connectivity index (χ3n) is 2.98. The second-order valence-electron chi connectivity index (χ2n) is 4.01. The largest absolute Gasteiger partial charge is 0.360 e. The van der Waals surface area contributed by atoms with Gasteiger partial charge < -0.3 is 10.3 Å². The standard InChI is InChI=1S/C13H15BrN2O/c1-3-11(15-2)13(17)10-7-16-12-5-4-8(14)6-9(10)12/h4-7,11,15-16H,3H2,1-2H3. The summed E-state index contributed by atoms with van der Waals surface area (Å²) >= 11 is 3.43. The molecule has 1 atom stereocenters. The lowest BCUT2D eigenvalue weighted by Gasteiger charge is -2.11. The molecule has 0 radical (unpaired) electrons. The smallest absolute Gasteiger partial charge is 0.181 e. The van der Waals surface area contributed by atoms with Crippen LogP contribution >= 0.6 is 15.9 Å². The summed E-state index contributed by atoms with van der Waals surface area (Å²) in [5.41, 5.74) is 1.74. The van der Waals surface area contributed by atoms with E-state index in [9.17, 15) is 4.79 Å². The third kappa shape index (κ3) is 2.28. The summed E-state index contributed by atoms with van der Waals surface area (Å²) < 4.78 is 0.983. The molecule has 4 heteroatoms. The van der Waals surface area contributed by atoms with Crippen LogP contribution < -0.4 is 5.32 Å². The van der Waals surface area contributed by atoms with E-state index < -0.39 is 0 Å². The van der Waals surface area contributed by atoms with E-state index in [1.54, 1.807) is 6.20 Å². The number of benzene rings is 1. The number of hydrogen-bond donors (Lipinski definition) is 2. The first-order valence-corrected chi connectivity index (χ1v) is 6.44. The first-order valence-electron chi connectivity index (χ1n) is 5.65. The summed E-state index contributed by atoms with van der Waals surface area (Å²) in [7, 11) is 1.82. The molecule has 2 rings (SSSR count). The second kappa shape index (κ2) is 5.02. The molecule has 3 nitrogen and oxygen atoms in total. The molecular formula is C13H15BrN2O. The number of hydrogen-bond acceptors (Lipinski definition) is 2. The molecule has 2 N–H and O–H groups in total. The van der Waals surface area contributed by atoms with Crippen molar-refractivity contribution in [2.24, 2.45) is 0 Å². The molecule has 0 amide bonds. The number of carbonyl (C=O) groups excluding carboxylic acids is 1. The number of H-pyrrole nitrogens is 1. The number of fused-ring (bicyclic) bond motifs is 1. The van der Waals surface area contributed by atoms with E-state index in [0.29, 0.717) is 0 Å². The molecule has 1 unspecified atom stereocenters. The second-order valence-corrected chi connectivity index (χ2v) is 4.92. The Kier molecular flexibility index (Phi) is 3.64. The maximum Gasteiger partial charge on any atom is 0.181 e. The van der Waals surface area contributed by atoms with Crippen molar-refractivity contribution in [3.63, 3.8) is 0 Å². The van der Waals surface area contributed by atoms with Gasteiger partial charge in [-0.25, -0.2) is 0 Å². The monoisotopic (exact) mass is 294 g/mol. The summed E-state index contributed by atoms with van der Waals surface area (Å²) in [5, 5.41) is 4.01. The van der Waals surface area contributed by atoms with Gasteiger partial charge in [0.05, 0.1) is 6.04 Å². The topological polar surface area (TPSA) is 44.9 Å². The Bertz CT molecular complexity index is 543. The molecule has 0 bridgehead atoms. The molecule has 1 aromatic carbocycles. The van der Waals surface area contributed by atoms with Crippen molar-refractivity contribution in [1.82, 2.24) is 10.3 Å². The molecule has 2 aromatic rings. The first kappa shape index (κ1) is 12.3. The van der Waals surface area contributed by atoms with Crippen molar-refractivity contribution in [2.45, 2.75) is 19.4 Å². The van der Waals surface area contributed by atoms with Gasteiger partial charge in [-0.2, -0.15) is 0 Å². The molecule has 0 saturated carbocycles. The van der Waals surface area contributed by atoms with E-state index in [1.165, 1.54) is 0 Å². The molecule has 0 fully saturated rings. The van der Waals surface area contributed by atoms with E-state index in [1.807, 2.05) is 32.2 Å². The van der Waals surface area contributed by atoms with Gasteiger partial charge in [0.15, 0.2) is 5.78 Å². The molecule has 0 spiro atoms. The minimum atomic E-state index is -0.118. The maximum atomic E-state index is 12.3. The summed E-state index contributed by atoms with van der Waals surface area (Å²) in [6.45, 7) is 2.00. The summed E-state index contributed by atoms with van der Waals surface area (Å²) in [4.78, 5) is 15.4. The number of aromatic nitrogens is 1. The van der Waals surface area contributed by atoms with Crippen molar-refractivity contribution < 1.29 is 4.79 Å². The van der Waals surface area contributed by atoms with E-state index in [0.717, 1.165) is 27.4 Å². The molecule has 0 aliphatic rings. The Hall–Kier alpha value is -1.13. The molecule has 0 saturated heterocycles. The van der Waals surface area contributed by atoms with Crippen LogP contribution in [0.2, 0.25) is 0 Å². The van der Waals surface area contributed by atoms with Gasteiger partial charge in [0.2, 0.25) is 0 Å². The lowest BCUT2D eigenvalue weighted by molar-refractivity contribution is 0.0946. The lowest BCUT2D eigenvalue weighted by Crippen LogP contribution is -2.33. The molecule has 1 heterocycles. The fourth-order valence-corrected chi connectivity index (χ4v) is 2.37. The molecular weight excluding hydrogens is 280 g/mol. The van der Waals surface area contributed by atoms with Gasteiger partial charge in [0, 0.05) is 27.1 Å². The van der Waals surface area contributed by atoms with Gasteiger partial charge in [-0.15, -0.1) is 0 Å². The highest BCUT2D eigenvalue weighted by Crippen LogP contribution is 2.23. The van der Waals surface area contributed by atoms with Crippen LogP contribution in [0, 0.1) is 0 Å². The van der Waals surface area contributed by atoms with Gasteiger partial charge in [-0.05, 0) is 31.7 Å². The van der Waals surface area contributed by atoms with Crippen LogP contribution in [0.4, 0.5) is 0 Å². The van der Waals surface area contributed by atoms with Crippen LogP contribution in [-0.2, 0) is 0 Å². The number of aromatic amines is 1. The third-order valence-corrected chi connectivity index (χ3v) is 3.48. The first-order chi connectivity index (χ1) is 8.17. The van der Waals surface area contributed by atoms with E-state index in [-0.39, 0.29) is 11.8 Å². The summed E-state index contributed by atoms with van der Waals surface area (Å²) in [6.07, 6.45) is 2.58. The average Bonchev–Trinajstić information content (AvgIpc) is 2.73. The summed E-state index contributed by atoms with van der Waals surface area (Å²) in [5.74, 6) is 0.138. The molecule has 90 valence electrons. The number of carbonyl (C=O) groups is 1. The van der Waals surface area contributed by atoms with Crippen LogP contribution in [0.3, 0.4) is 0 Å². The van der Waals surface area contributed by atoms with Crippen LogP contribution in [0.5, 0.6) is 0 Å². The average molecular weight is 295 g/mol. The summed E-state index contributed by atoms with van der Waals surface area (Å²) in [6, 6.07) is 5.79. The van der Waals surface area contributed by atoms with Gasteiger partial charge in [0.25, 0.3) is 0 Å². The van der Waals surface area contributed by atoms with E-state index in [4.69, 9.17) is 0 Å². The highest BCUT2D eigenvalue weighted by atomic mass is 79.9. The zero-order chi connectivity index (χ0) is 12.4. The van der Waals surface area contributed by atoms with Crippen molar-refractivity contribution in [3.8, 4) is 0 Å². The number of likely N-dealkylation sites (N-methyl/N-ethyl adjacent to an activating group) is 1. The Morgan fingerprint density at radius 2 is 2.29 bits per heavy atom. The number of ketones is 1. The van der Waals surface area contributed by atoms with Gasteiger partial charge in [-0.3, -0.25) is 4.79 Å². The SMILES string of the molecule is CCC(NC)C(=O)c1c[nH]c2ccc(Br)cc12. The van der Waals surface area contributed by atoms with Gasteiger partial charge in [0.1, 0.15) is 0 Å². The van der Waals surface area contributed by atoms with E-state index >= 15 is 0 Å². The number of halogens is 1. The number of rotatable bonds is 4. The van der Waals surface area contributed by atoms with Gasteiger partial charge >= 0.3 is 0 Å². The minimum absolute atomic E-state index is 0.118. The minimum Gasteiger partial charge on any atom is -0.360 e. The van der Waals surface area contributed by atoms with Crippen molar-refractivity contribution in [2.75, 3.05) is 7.05 Å². The van der Waals surface area contributed by atoms with E-state index in [2.05, 4.69) is 26.2 Å². The number of nitrogens with one attached hydrogen (secondary N) is 2. The van der Waals surface area contributed by atoms with Gasteiger partial charge in [-0.1, -0.05) is 22.9 Å². The van der Waals surface area contributed by atoms with Crippen LogP contribution in [-0.4, -0.2) is 23.9 Å². The molecule has 0 aliphatic carbocycles. The predicted octanol–water partition coefficient (Wildman–Crippen LogP) is 3.11. The fourth-order valence-electron chi connectivity index (χ4n) is 2.01. The normalized spacial score (nSPS) is 12.9. The fraction of sp³-hybridized carbons (Fsp3) is 0.308. The Balaban J connectivity index is 2.48. The lowest BCUT2D eigenvalue weighted by atomic mass is 10.0. The van der Waals surface area contributed by atoms with Crippen LogP contribution in [0.1, 0.15) is 23.7 Å². The molecule has 1 aromatic heterocycles. The highest BCUT2D eigenvalue weighted by molar-refractivity contribution is 9.10. The maximum absolute atomic E-state index is 12.3. The Morgan fingerprint density at radius 1 is 1.53 bits per heavy atom. The Labute approximate surface area is 109 Å². The van der Waals surface area contributed by atoms with Crippen molar-refractivity contribution in [3.05, 3.63) is 34.4 Å². The zero-order valence-corrected chi connectivity index (χ0v) is 11.5. The zero-order valence-electron chi connectivity index (χ0n) is 9.88. The van der Waals surface area contributed by atoms with Crippen molar-refractivity contribution in [1.29, 1.82) is 0 Å². The predicted molar refractivity (Wildman–Crippen MR) is 73.5 cm³/mol. The highest BCUT2D eigenvalue weighted by Gasteiger charge is 2.19. The van der Waals surface area contributed by atoms with Crippen LogP contribution in [0.25, 0.3) is 10.9 Å². The van der Waals surface area contributed by atoms with Crippen molar-refractivity contribution >= 4 is 32.6 Å². The quantitative estimate of drug-likeness (QED) is 0.851.